The van der Waals surface area contributed by atoms with Crippen LogP contribution in [0.3, 0.4) is 0 Å². The van der Waals surface area contributed by atoms with Crippen LogP contribution in [0.5, 0.6) is 0 Å². The molecule has 0 bridgehead atoms. The number of unbranched alkanes of at least 4 members (excludes halogenated alkanes) is 10. The summed E-state index contributed by atoms with van der Waals surface area (Å²) in [5.74, 6) is 0. The van der Waals surface area contributed by atoms with Crippen molar-refractivity contribution < 1.29 is 20.9 Å². The molecule has 198 valence electrons. The Kier molecular flexibility index (Phi) is 91.8. The number of allylic oxidation sites excluding steroid dienone is 7. The second kappa shape index (κ2) is 69.9. The number of carboxylic acid groups (broad SMARTS) is 1. The van der Waals surface area contributed by atoms with E-state index in [1.165, 1.54) is 57.8 Å². The van der Waals surface area contributed by atoms with Crippen molar-refractivity contribution in [1.29, 1.82) is 0 Å². The van der Waals surface area contributed by atoms with E-state index in [0.717, 1.165) is 25.7 Å². The highest BCUT2D eigenvalue weighted by Gasteiger charge is 1.82. The number of hydrogen-bond acceptors (Lipinski definition) is 3. The zero-order valence-corrected chi connectivity index (χ0v) is 21.9. The van der Waals surface area contributed by atoms with Gasteiger partial charge in [0.2, 0.25) is 0 Å². The van der Waals surface area contributed by atoms with E-state index in [0.29, 0.717) is 0 Å². The monoisotopic (exact) mass is 478 g/mol. The van der Waals surface area contributed by atoms with Crippen molar-refractivity contribution in [1.82, 2.24) is 0 Å². The van der Waals surface area contributed by atoms with Crippen molar-refractivity contribution >= 4 is 12.6 Å². The van der Waals surface area contributed by atoms with Gasteiger partial charge in [0.25, 0.3) is 6.47 Å². The summed E-state index contributed by atoms with van der Waals surface area (Å²) in [6.07, 6.45) is 29.6. The van der Waals surface area contributed by atoms with Crippen LogP contribution in [0, 0.1) is 0 Å². The van der Waals surface area contributed by atoms with E-state index in [2.05, 4.69) is 53.0 Å². The Morgan fingerprint density at radius 3 is 0.941 bits per heavy atom. The number of rotatable bonds is 16. The van der Waals surface area contributed by atoms with Crippen molar-refractivity contribution in [3.05, 3.63) is 88.6 Å². The maximum absolute atomic E-state index is 8.36. The molecule has 0 spiro atoms. The highest BCUT2D eigenvalue weighted by atomic mass is 16.3. The molecule has 0 heterocycles. The van der Waals surface area contributed by atoms with E-state index in [1.807, 2.05) is 30.4 Å². The minimum atomic E-state index is -0.250. The van der Waals surface area contributed by atoms with E-state index in [4.69, 9.17) is 19.5 Å². The molecule has 0 aliphatic rings. The molecule has 0 radical (unpaired) electrons. The predicted octanol–water partition coefficient (Wildman–Crippen LogP) is 9.70. The van der Waals surface area contributed by atoms with Gasteiger partial charge in [-0.1, -0.05) is 81.9 Å². The molecule has 4 nitrogen and oxygen atoms in total. The molecule has 0 amide bonds. The van der Waals surface area contributed by atoms with Gasteiger partial charge < -0.3 is 5.11 Å². The maximum atomic E-state index is 8.36. The van der Waals surface area contributed by atoms with E-state index < -0.39 is 0 Å². The summed E-state index contributed by atoms with van der Waals surface area (Å²) in [6.45, 7) is 26.9. The first-order valence-electron chi connectivity index (χ1n) is 11.8. The molecule has 0 aromatic heterocycles. The molecule has 0 saturated carbocycles. The average Bonchev–Trinajstić information content (AvgIpc) is 2.84. The van der Waals surface area contributed by atoms with Gasteiger partial charge >= 0.3 is 6.15 Å². The lowest BCUT2D eigenvalue weighted by Crippen LogP contribution is -1.71. The van der Waals surface area contributed by atoms with Crippen LogP contribution in [0.1, 0.15) is 91.8 Å². The zero-order chi connectivity index (χ0) is 27.6. The van der Waals surface area contributed by atoms with Gasteiger partial charge in [-0.3, -0.25) is 4.79 Å². The summed E-state index contributed by atoms with van der Waals surface area (Å²) in [5.41, 5.74) is 0. The molecule has 0 atom stereocenters. The Balaban J connectivity index is -0.0000000560. The van der Waals surface area contributed by atoms with E-state index in [9.17, 15) is 0 Å². The van der Waals surface area contributed by atoms with Crippen LogP contribution in [0.25, 0.3) is 0 Å². The van der Waals surface area contributed by atoms with Gasteiger partial charge in [0, 0.05) is 1.43 Å². The van der Waals surface area contributed by atoms with E-state index in [-0.39, 0.29) is 14.1 Å². The molecule has 1 N–H and O–H groups in total. The molecular formula is C30H54O4. The molecule has 0 aromatic carbocycles. The number of hydrogen-bond donors (Lipinski definition) is 1. The van der Waals surface area contributed by atoms with Crippen LogP contribution in [-0.2, 0) is 14.4 Å². The van der Waals surface area contributed by atoms with Crippen LogP contribution in [0.15, 0.2) is 88.6 Å². The Morgan fingerprint density at radius 2 is 0.794 bits per heavy atom. The topological polar surface area (TPSA) is 71.4 Å². The lowest BCUT2D eigenvalue weighted by Gasteiger charge is -1.91. The summed E-state index contributed by atoms with van der Waals surface area (Å²) in [4.78, 5) is 24.6. The van der Waals surface area contributed by atoms with Crippen molar-refractivity contribution in [3.8, 4) is 0 Å². The summed E-state index contributed by atoms with van der Waals surface area (Å²) < 4.78 is 0. The molecule has 34 heavy (non-hydrogen) atoms. The van der Waals surface area contributed by atoms with Crippen molar-refractivity contribution in [2.24, 2.45) is 0 Å². The fraction of sp³-hybridized carbons (Fsp3) is 0.467. The minimum absolute atomic E-state index is 0. The molecule has 0 fully saturated rings. The smallest absolute Gasteiger partial charge is 0.373 e. The highest BCUT2D eigenvalue weighted by Crippen LogP contribution is 2.01. The van der Waals surface area contributed by atoms with Crippen LogP contribution >= 0.6 is 0 Å². The summed E-state index contributed by atoms with van der Waals surface area (Å²) >= 11 is 0. The van der Waals surface area contributed by atoms with Gasteiger partial charge in [0.1, 0.15) is 0 Å². The van der Waals surface area contributed by atoms with Gasteiger partial charge in [-0.25, -0.2) is 0 Å². The minimum Gasteiger partial charge on any atom is -0.483 e. The maximum Gasteiger partial charge on any atom is 0.373 e. The van der Waals surface area contributed by atoms with Crippen LogP contribution in [-0.4, -0.2) is 17.7 Å². The average molecular weight is 479 g/mol. The molecule has 0 unspecified atom stereocenters. The Morgan fingerprint density at radius 1 is 0.588 bits per heavy atom. The SMILES string of the molecule is C=CC=C.C=CCCCCC=C.C=CCCCCC=C.C=CCCCCCC.O=C=O.O=CO.[HH]. The van der Waals surface area contributed by atoms with E-state index in [1.54, 1.807) is 12.2 Å². The first-order chi connectivity index (χ1) is 16.5. The summed E-state index contributed by atoms with van der Waals surface area (Å²) in [5, 5.41) is 6.89. The third kappa shape index (κ3) is 134. The predicted molar refractivity (Wildman–Crippen MR) is 153 cm³/mol. The normalized spacial score (nSPS) is 7.32. The van der Waals surface area contributed by atoms with Gasteiger partial charge in [-0.15, -0.1) is 32.9 Å². The molecule has 0 rings (SSSR count). The molecule has 0 saturated heterocycles. The lowest BCUT2D eigenvalue weighted by atomic mass is 10.2. The number of carbonyl (C=O) groups excluding carboxylic acids is 2. The quantitative estimate of drug-likeness (QED) is 0.104. The van der Waals surface area contributed by atoms with Crippen LogP contribution in [0.4, 0.5) is 0 Å². The standard InChI is InChI=1S/C8H16.2C8H14.C4H6.CH2O2.CO2.H2/c3*1-3-5-7-8-6-4-2;1-3-4-2;2*2-1-3;/h3H,1,4-8H2,2H3;2*3-4H,1-2,5-8H2;3-4H,1-2H2;1H,(H,2,3);;1H. The second-order valence-corrected chi connectivity index (χ2v) is 6.52. The van der Waals surface area contributed by atoms with Gasteiger partial charge in [-0.05, 0) is 64.2 Å². The van der Waals surface area contributed by atoms with Crippen LogP contribution in [0.2, 0.25) is 0 Å². The Labute approximate surface area is 212 Å². The first-order valence-corrected chi connectivity index (χ1v) is 11.8. The Hall–Kier alpha value is -2.97. The van der Waals surface area contributed by atoms with Crippen molar-refractivity contribution in [2.75, 3.05) is 0 Å². The van der Waals surface area contributed by atoms with Crippen molar-refractivity contribution in [3.63, 3.8) is 0 Å². The lowest BCUT2D eigenvalue weighted by molar-refractivity contribution is -0.191. The van der Waals surface area contributed by atoms with E-state index >= 15 is 0 Å². The molecule has 4 heteroatoms. The summed E-state index contributed by atoms with van der Waals surface area (Å²) in [7, 11) is 0. The number of carbonyl (C=O) groups is 1. The van der Waals surface area contributed by atoms with Crippen LogP contribution < -0.4 is 0 Å². The molecule has 0 aliphatic carbocycles. The van der Waals surface area contributed by atoms with Gasteiger partial charge in [-0.2, -0.15) is 9.59 Å². The molecule has 0 aromatic rings. The third-order valence-corrected chi connectivity index (χ3v) is 3.56. The summed E-state index contributed by atoms with van der Waals surface area (Å²) in [6, 6.07) is 0. The third-order valence-electron chi connectivity index (χ3n) is 3.56. The van der Waals surface area contributed by atoms with Gasteiger partial charge in [0.05, 0.1) is 0 Å². The second-order valence-electron chi connectivity index (χ2n) is 6.52. The molecular weight excluding hydrogens is 424 g/mol. The Bertz CT molecular complexity index is 419. The fourth-order valence-electron chi connectivity index (χ4n) is 1.87. The van der Waals surface area contributed by atoms with Gasteiger partial charge in [0.15, 0.2) is 0 Å². The molecule has 0 aliphatic heterocycles. The first kappa shape index (κ1) is 44.7. The largest absolute Gasteiger partial charge is 0.483 e. The highest BCUT2D eigenvalue weighted by molar-refractivity contribution is 5.32. The zero-order valence-electron chi connectivity index (χ0n) is 21.9. The van der Waals surface area contributed by atoms with Crippen molar-refractivity contribution in [2.45, 2.75) is 90.4 Å². The fourth-order valence-corrected chi connectivity index (χ4v) is 1.87.